The van der Waals surface area contributed by atoms with Crippen LogP contribution in [0.4, 0.5) is 11.4 Å². The van der Waals surface area contributed by atoms with Crippen LogP contribution in [0.5, 0.6) is 5.75 Å². The van der Waals surface area contributed by atoms with Crippen molar-refractivity contribution in [2.45, 2.75) is 13.8 Å². The van der Waals surface area contributed by atoms with Crippen LogP contribution in [0.25, 0.3) is 0 Å². The van der Waals surface area contributed by atoms with Crippen molar-refractivity contribution in [3.05, 3.63) is 86.8 Å². The molecule has 2 amide bonds. The van der Waals surface area contributed by atoms with Crippen LogP contribution < -0.4 is 15.4 Å². The van der Waals surface area contributed by atoms with Crippen LogP contribution in [-0.2, 0) is 4.79 Å². The molecule has 0 fully saturated rings. The normalized spacial score (nSPS) is 10.4. The second kappa shape index (κ2) is 9.78. The zero-order valence-electron chi connectivity index (χ0n) is 16.5. The summed E-state index contributed by atoms with van der Waals surface area (Å²) in [4.78, 5) is 25.1. The minimum atomic E-state index is -0.386. The molecule has 0 aliphatic carbocycles. The van der Waals surface area contributed by atoms with E-state index in [2.05, 4.69) is 26.6 Å². The summed E-state index contributed by atoms with van der Waals surface area (Å²) in [5, 5.41) is 6.16. The molecule has 0 saturated carbocycles. The van der Waals surface area contributed by atoms with Gasteiger partial charge in [-0.15, -0.1) is 0 Å². The van der Waals surface area contributed by atoms with Crippen LogP contribution >= 0.6 is 27.5 Å². The highest BCUT2D eigenvalue weighted by Crippen LogP contribution is 2.28. The maximum atomic E-state index is 12.8. The van der Waals surface area contributed by atoms with Crippen molar-refractivity contribution < 1.29 is 14.3 Å². The summed E-state index contributed by atoms with van der Waals surface area (Å²) in [5.74, 6) is -0.200. The van der Waals surface area contributed by atoms with E-state index in [9.17, 15) is 9.59 Å². The highest BCUT2D eigenvalue weighted by molar-refractivity contribution is 9.10. The van der Waals surface area contributed by atoms with Crippen LogP contribution in [0.15, 0.2) is 65.1 Å². The summed E-state index contributed by atoms with van der Waals surface area (Å²) in [6.07, 6.45) is 0. The molecule has 0 spiro atoms. The molecule has 30 heavy (non-hydrogen) atoms. The lowest BCUT2D eigenvalue weighted by Gasteiger charge is -2.13. The third kappa shape index (κ3) is 5.62. The Morgan fingerprint density at radius 3 is 2.47 bits per heavy atom. The van der Waals surface area contributed by atoms with Crippen molar-refractivity contribution in [3.8, 4) is 5.75 Å². The number of benzene rings is 3. The van der Waals surface area contributed by atoms with Crippen LogP contribution in [0, 0.1) is 13.8 Å². The van der Waals surface area contributed by atoms with E-state index in [-0.39, 0.29) is 18.4 Å². The highest BCUT2D eigenvalue weighted by atomic mass is 79.9. The molecule has 7 heteroatoms. The number of hydrogen-bond acceptors (Lipinski definition) is 3. The number of carbonyl (C=O) groups excluding carboxylic acids is 2. The maximum Gasteiger partial charge on any atom is 0.262 e. The van der Waals surface area contributed by atoms with Gasteiger partial charge in [-0.2, -0.15) is 0 Å². The second-order valence-corrected chi connectivity index (χ2v) is 8.00. The standard InChI is InChI=1S/C23H20BrClN2O3/c1-14-7-9-17(11-15(14)2)26-23(29)18-5-3-4-6-20(18)27-22(28)13-30-21-10-8-16(25)12-19(21)24/h3-12H,13H2,1-2H3,(H,26,29)(H,27,28). The van der Waals surface area contributed by atoms with Crippen LogP contribution in [0.3, 0.4) is 0 Å². The van der Waals surface area contributed by atoms with Gasteiger partial charge < -0.3 is 15.4 Å². The zero-order chi connectivity index (χ0) is 21.7. The first-order valence-corrected chi connectivity index (χ1v) is 10.4. The van der Waals surface area contributed by atoms with Crippen molar-refractivity contribution in [2.75, 3.05) is 17.2 Å². The molecule has 0 unspecified atom stereocenters. The van der Waals surface area contributed by atoms with Gasteiger partial charge in [-0.25, -0.2) is 0 Å². The summed E-state index contributed by atoms with van der Waals surface area (Å²) in [6, 6.07) is 17.5. The largest absolute Gasteiger partial charge is 0.483 e. The van der Waals surface area contributed by atoms with E-state index in [0.717, 1.165) is 11.1 Å². The molecule has 3 aromatic carbocycles. The minimum Gasteiger partial charge on any atom is -0.483 e. The highest BCUT2D eigenvalue weighted by Gasteiger charge is 2.14. The van der Waals surface area contributed by atoms with Crippen molar-refractivity contribution in [1.29, 1.82) is 0 Å². The number of ether oxygens (including phenoxy) is 1. The van der Waals surface area contributed by atoms with Crippen LogP contribution in [0.2, 0.25) is 5.02 Å². The number of anilines is 2. The average Bonchev–Trinajstić information content (AvgIpc) is 2.70. The molecule has 3 aromatic rings. The third-order valence-corrected chi connectivity index (χ3v) is 5.32. The van der Waals surface area contributed by atoms with Gasteiger partial charge in [-0.1, -0.05) is 29.8 Å². The van der Waals surface area contributed by atoms with Gasteiger partial charge >= 0.3 is 0 Å². The molecule has 3 rings (SSSR count). The predicted molar refractivity (Wildman–Crippen MR) is 124 cm³/mol. The molecule has 2 N–H and O–H groups in total. The smallest absolute Gasteiger partial charge is 0.262 e. The Morgan fingerprint density at radius 2 is 1.73 bits per heavy atom. The number of amides is 2. The van der Waals surface area contributed by atoms with Gasteiger partial charge in [0.2, 0.25) is 0 Å². The number of hydrogen-bond donors (Lipinski definition) is 2. The fraction of sp³-hybridized carbons (Fsp3) is 0.130. The Morgan fingerprint density at radius 1 is 0.967 bits per heavy atom. The van der Waals surface area contributed by atoms with E-state index in [1.807, 2.05) is 32.0 Å². The van der Waals surface area contributed by atoms with Gasteiger partial charge in [0.1, 0.15) is 5.75 Å². The summed E-state index contributed by atoms with van der Waals surface area (Å²) >= 11 is 9.25. The van der Waals surface area contributed by atoms with E-state index in [0.29, 0.717) is 32.2 Å². The third-order valence-electron chi connectivity index (χ3n) is 4.46. The van der Waals surface area contributed by atoms with Gasteiger partial charge in [-0.3, -0.25) is 9.59 Å². The van der Waals surface area contributed by atoms with E-state index >= 15 is 0 Å². The Labute approximate surface area is 188 Å². The number of halogens is 2. The molecule has 0 aromatic heterocycles. The molecule has 0 atom stereocenters. The Balaban J connectivity index is 1.67. The first kappa shape index (κ1) is 21.9. The van der Waals surface area contributed by atoms with E-state index in [1.165, 1.54) is 0 Å². The summed E-state index contributed by atoms with van der Waals surface area (Å²) < 4.78 is 6.18. The number of rotatable bonds is 6. The van der Waals surface area contributed by atoms with E-state index < -0.39 is 0 Å². The second-order valence-electron chi connectivity index (χ2n) is 6.71. The van der Waals surface area contributed by atoms with Crippen LogP contribution in [-0.4, -0.2) is 18.4 Å². The molecule has 5 nitrogen and oxygen atoms in total. The first-order chi connectivity index (χ1) is 14.3. The Bertz CT molecular complexity index is 1100. The van der Waals surface area contributed by atoms with E-state index in [4.69, 9.17) is 16.3 Å². The monoisotopic (exact) mass is 486 g/mol. The molecular weight excluding hydrogens is 468 g/mol. The molecule has 0 radical (unpaired) electrons. The molecule has 0 aliphatic rings. The SMILES string of the molecule is Cc1ccc(NC(=O)c2ccccc2NC(=O)COc2ccc(Cl)cc2Br)cc1C. The number of para-hydroxylation sites is 1. The Kier molecular flexibility index (Phi) is 7.13. The lowest BCUT2D eigenvalue weighted by atomic mass is 10.1. The van der Waals surface area contributed by atoms with Crippen molar-refractivity contribution >= 4 is 50.7 Å². The van der Waals surface area contributed by atoms with Gasteiger partial charge in [-0.05, 0) is 83.4 Å². The molecular formula is C23H20BrClN2O3. The van der Waals surface area contributed by atoms with Crippen molar-refractivity contribution in [1.82, 2.24) is 0 Å². The van der Waals surface area contributed by atoms with Gasteiger partial charge in [0.15, 0.2) is 6.61 Å². The van der Waals surface area contributed by atoms with Crippen LogP contribution in [0.1, 0.15) is 21.5 Å². The predicted octanol–water partition coefficient (Wildman–Crippen LogP) is 5.99. The summed E-state index contributed by atoms with van der Waals surface area (Å²) in [6.45, 7) is 3.78. The topological polar surface area (TPSA) is 67.4 Å². The lowest BCUT2D eigenvalue weighted by Crippen LogP contribution is -2.23. The fourth-order valence-electron chi connectivity index (χ4n) is 2.73. The van der Waals surface area contributed by atoms with Crippen molar-refractivity contribution in [3.63, 3.8) is 0 Å². The molecule has 0 saturated heterocycles. The van der Waals surface area contributed by atoms with E-state index in [1.54, 1.807) is 42.5 Å². The molecule has 154 valence electrons. The maximum absolute atomic E-state index is 12.8. The molecule has 0 bridgehead atoms. The summed E-state index contributed by atoms with van der Waals surface area (Å²) in [7, 11) is 0. The van der Waals surface area contributed by atoms with Gasteiger partial charge in [0, 0.05) is 10.7 Å². The quantitative estimate of drug-likeness (QED) is 0.449. The Hall–Kier alpha value is -2.83. The average molecular weight is 488 g/mol. The first-order valence-electron chi connectivity index (χ1n) is 9.19. The number of aryl methyl sites for hydroxylation is 2. The summed E-state index contributed by atoms with van der Waals surface area (Å²) in [5.41, 5.74) is 3.69. The number of carbonyl (C=O) groups is 2. The van der Waals surface area contributed by atoms with Gasteiger partial charge in [0.05, 0.1) is 15.7 Å². The molecule has 0 aliphatic heterocycles. The van der Waals surface area contributed by atoms with Crippen molar-refractivity contribution in [2.24, 2.45) is 0 Å². The number of nitrogens with one attached hydrogen (secondary N) is 2. The molecule has 0 heterocycles. The van der Waals surface area contributed by atoms with Gasteiger partial charge in [0.25, 0.3) is 11.8 Å². The fourth-order valence-corrected chi connectivity index (χ4v) is 3.53. The minimum absolute atomic E-state index is 0.215. The zero-order valence-corrected chi connectivity index (χ0v) is 18.8. The lowest BCUT2D eigenvalue weighted by molar-refractivity contribution is -0.118.